The number of amides is 1. The van der Waals surface area contributed by atoms with Crippen LogP contribution in [0.5, 0.6) is 0 Å². The van der Waals surface area contributed by atoms with Gasteiger partial charge < -0.3 is 24.7 Å². The summed E-state index contributed by atoms with van der Waals surface area (Å²) in [4.78, 5) is 18.6. The Kier molecular flexibility index (Phi) is 4.95. The zero-order chi connectivity index (χ0) is 19.9. The van der Waals surface area contributed by atoms with E-state index in [9.17, 15) is 4.79 Å². The number of nitrogen functional groups attached to an aromatic ring is 1. The van der Waals surface area contributed by atoms with E-state index in [1.54, 1.807) is 0 Å². The van der Waals surface area contributed by atoms with Crippen molar-refractivity contribution in [2.75, 3.05) is 32.0 Å². The van der Waals surface area contributed by atoms with Crippen molar-refractivity contribution in [2.45, 2.75) is 57.6 Å². The number of hydrogen-bond donors (Lipinski definition) is 1. The maximum absolute atomic E-state index is 12.3. The van der Waals surface area contributed by atoms with E-state index in [1.807, 2.05) is 25.7 Å². The van der Waals surface area contributed by atoms with Crippen LogP contribution in [0.25, 0.3) is 11.0 Å². The number of aromatic nitrogens is 2. The van der Waals surface area contributed by atoms with Crippen LogP contribution in [-0.2, 0) is 9.47 Å². The molecule has 0 radical (unpaired) electrons. The summed E-state index contributed by atoms with van der Waals surface area (Å²) in [7, 11) is 0. The quantitative estimate of drug-likeness (QED) is 0.851. The maximum Gasteiger partial charge on any atom is 0.410 e. The van der Waals surface area contributed by atoms with Crippen molar-refractivity contribution in [1.29, 1.82) is 0 Å². The number of imidazole rings is 1. The molecule has 152 valence electrons. The lowest BCUT2D eigenvalue weighted by atomic mass is 9.89. The minimum Gasteiger partial charge on any atom is -0.444 e. The summed E-state index contributed by atoms with van der Waals surface area (Å²) in [5.74, 6) is 0.981. The Bertz CT molecular complexity index is 856. The third kappa shape index (κ3) is 3.81. The lowest BCUT2D eigenvalue weighted by molar-refractivity contribution is 0.0205. The van der Waals surface area contributed by atoms with Gasteiger partial charge in [0.2, 0.25) is 5.95 Å². The number of likely N-dealkylation sites (tertiary alicyclic amines) is 1. The fourth-order valence-electron chi connectivity index (χ4n) is 4.21. The van der Waals surface area contributed by atoms with Crippen LogP contribution < -0.4 is 5.73 Å². The topological polar surface area (TPSA) is 82.6 Å². The second-order valence-corrected chi connectivity index (χ2v) is 8.85. The van der Waals surface area contributed by atoms with Crippen LogP contribution in [0.3, 0.4) is 0 Å². The molecule has 1 aromatic carbocycles. The zero-order valence-corrected chi connectivity index (χ0v) is 17.0. The zero-order valence-electron chi connectivity index (χ0n) is 17.0. The highest BCUT2D eigenvalue weighted by Gasteiger charge is 2.28. The van der Waals surface area contributed by atoms with E-state index in [1.165, 1.54) is 5.56 Å². The van der Waals surface area contributed by atoms with Gasteiger partial charge in [-0.25, -0.2) is 9.78 Å². The highest BCUT2D eigenvalue weighted by molar-refractivity contribution is 5.79. The molecule has 0 spiro atoms. The number of fused-ring (bicyclic) bond motifs is 1. The number of hydrogen-bond acceptors (Lipinski definition) is 5. The predicted octanol–water partition coefficient (Wildman–Crippen LogP) is 3.69. The van der Waals surface area contributed by atoms with E-state index in [0.717, 1.165) is 50.0 Å². The van der Waals surface area contributed by atoms with Gasteiger partial charge in [0, 0.05) is 19.7 Å². The standard InChI is InChI=1S/C21H30N4O3/c1-21(2,3)28-20(26)24-9-6-14(7-10-24)15-4-5-17-18(12-15)25(19(22)23-17)16-8-11-27-13-16/h4-5,12,14,16H,6-11,13H2,1-3H3,(H2,22,23). The molecule has 1 aromatic heterocycles. The van der Waals surface area contributed by atoms with Gasteiger partial charge in [0.15, 0.2) is 0 Å². The van der Waals surface area contributed by atoms with Crippen molar-refractivity contribution in [1.82, 2.24) is 14.5 Å². The lowest BCUT2D eigenvalue weighted by Gasteiger charge is -2.33. The first-order valence-corrected chi connectivity index (χ1v) is 10.1. The summed E-state index contributed by atoms with van der Waals surface area (Å²) < 4.78 is 13.2. The Balaban J connectivity index is 1.49. The number of benzene rings is 1. The van der Waals surface area contributed by atoms with E-state index in [4.69, 9.17) is 15.2 Å². The number of piperidine rings is 1. The summed E-state index contributed by atoms with van der Waals surface area (Å²) in [6.07, 6.45) is 2.61. The highest BCUT2D eigenvalue weighted by Crippen LogP contribution is 2.33. The van der Waals surface area contributed by atoms with Crippen molar-refractivity contribution >= 4 is 23.1 Å². The van der Waals surface area contributed by atoms with E-state index < -0.39 is 5.60 Å². The number of ether oxygens (including phenoxy) is 2. The number of nitrogens with two attached hydrogens (primary N) is 1. The van der Waals surface area contributed by atoms with Crippen LogP contribution in [0.2, 0.25) is 0 Å². The molecule has 0 bridgehead atoms. The SMILES string of the molecule is CC(C)(C)OC(=O)N1CCC(c2ccc3nc(N)n(C4CCOC4)c3c2)CC1. The van der Waals surface area contributed by atoms with Gasteiger partial charge in [0.25, 0.3) is 0 Å². The Hall–Kier alpha value is -2.28. The fraction of sp³-hybridized carbons (Fsp3) is 0.619. The van der Waals surface area contributed by atoms with Crippen LogP contribution in [0, 0.1) is 0 Å². The van der Waals surface area contributed by atoms with Gasteiger partial charge in [-0.2, -0.15) is 0 Å². The van der Waals surface area contributed by atoms with Crippen molar-refractivity contribution in [2.24, 2.45) is 0 Å². The third-order valence-corrected chi connectivity index (χ3v) is 5.63. The predicted molar refractivity (Wildman–Crippen MR) is 108 cm³/mol. The van der Waals surface area contributed by atoms with Crippen molar-refractivity contribution in [3.05, 3.63) is 23.8 Å². The van der Waals surface area contributed by atoms with Crippen molar-refractivity contribution in [3.63, 3.8) is 0 Å². The number of nitrogens with zero attached hydrogens (tertiary/aromatic N) is 3. The molecule has 7 nitrogen and oxygen atoms in total. The first-order chi connectivity index (χ1) is 13.3. The van der Waals surface area contributed by atoms with Gasteiger partial charge in [-0.15, -0.1) is 0 Å². The second kappa shape index (κ2) is 7.28. The number of carbonyl (C=O) groups excluding carboxylic acids is 1. The smallest absolute Gasteiger partial charge is 0.410 e. The molecule has 2 aliphatic heterocycles. The Labute approximate surface area is 165 Å². The molecular formula is C21H30N4O3. The van der Waals surface area contributed by atoms with E-state index in [2.05, 4.69) is 27.8 Å². The summed E-state index contributed by atoms with van der Waals surface area (Å²) >= 11 is 0. The molecule has 0 saturated carbocycles. The molecule has 4 rings (SSSR count). The number of rotatable bonds is 2. The van der Waals surface area contributed by atoms with Gasteiger partial charge in [-0.3, -0.25) is 0 Å². The van der Waals surface area contributed by atoms with Gasteiger partial charge in [-0.1, -0.05) is 6.07 Å². The monoisotopic (exact) mass is 386 g/mol. The molecule has 1 atom stereocenters. The van der Waals surface area contributed by atoms with E-state index >= 15 is 0 Å². The van der Waals surface area contributed by atoms with Crippen LogP contribution in [0.15, 0.2) is 18.2 Å². The van der Waals surface area contributed by atoms with Gasteiger partial charge >= 0.3 is 6.09 Å². The Morgan fingerprint density at radius 1 is 1.25 bits per heavy atom. The van der Waals surface area contributed by atoms with Gasteiger partial charge in [0.05, 0.1) is 23.7 Å². The van der Waals surface area contributed by atoms with E-state index in [0.29, 0.717) is 18.5 Å². The average Bonchev–Trinajstić information content (AvgIpc) is 3.26. The molecule has 2 N–H and O–H groups in total. The Morgan fingerprint density at radius 3 is 2.64 bits per heavy atom. The van der Waals surface area contributed by atoms with Crippen LogP contribution in [0.1, 0.15) is 57.6 Å². The first-order valence-electron chi connectivity index (χ1n) is 10.1. The average molecular weight is 386 g/mol. The molecule has 1 unspecified atom stereocenters. The van der Waals surface area contributed by atoms with Gasteiger partial charge in [0.1, 0.15) is 5.60 Å². The molecule has 3 heterocycles. The highest BCUT2D eigenvalue weighted by atomic mass is 16.6. The largest absolute Gasteiger partial charge is 0.444 e. The van der Waals surface area contributed by atoms with Crippen molar-refractivity contribution in [3.8, 4) is 0 Å². The third-order valence-electron chi connectivity index (χ3n) is 5.63. The molecule has 2 saturated heterocycles. The lowest BCUT2D eigenvalue weighted by Crippen LogP contribution is -2.41. The first kappa shape index (κ1) is 19.1. The molecule has 2 aliphatic rings. The van der Waals surface area contributed by atoms with Crippen LogP contribution >= 0.6 is 0 Å². The van der Waals surface area contributed by atoms with Crippen LogP contribution in [0.4, 0.5) is 10.7 Å². The molecule has 7 heteroatoms. The summed E-state index contributed by atoms with van der Waals surface area (Å²) in [6.45, 7) is 8.59. The fourth-order valence-corrected chi connectivity index (χ4v) is 4.21. The molecule has 2 fully saturated rings. The summed E-state index contributed by atoms with van der Waals surface area (Å²) in [5, 5.41) is 0. The van der Waals surface area contributed by atoms with Gasteiger partial charge in [-0.05, 0) is 63.6 Å². The number of anilines is 1. The second-order valence-electron chi connectivity index (χ2n) is 8.85. The molecule has 1 amide bonds. The van der Waals surface area contributed by atoms with E-state index in [-0.39, 0.29) is 12.1 Å². The molecule has 28 heavy (non-hydrogen) atoms. The maximum atomic E-state index is 12.3. The normalized spacial score (nSPS) is 21.4. The molecule has 2 aromatic rings. The van der Waals surface area contributed by atoms with Crippen molar-refractivity contribution < 1.29 is 14.3 Å². The van der Waals surface area contributed by atoms with Crippen LogP contribution in [-0.4, -0.2) is 52.4 Å². The Morgan fingerprint density at radius 2 is 2.00 bits per heavy atom. The summed E-state index contributed by atoms with van der Waals surface area (Å²) in [6, 6.07) is 6.70. The number of carbonyl (C=O) groups is 1. The minimum absolute atomic E-state index is 0.214. The molecular weight excluding hydrogens is 356 g/mol. The summed E-state index contributed by atoms with van der Waals surface area (Å²) in [5.41, 5.74) is 9.05. The molecule has 0 aliphatic carbocycles. The minimum atomic E-state index is -0.457.